The molecule has 134 valence electrons. The van der Waals surface area contributed by atoms with Crippen LogP contribution in [0.4, 0.5) is 15.8 Å². The van der Waals surface area contributed by atoms with Crippen LogP contribution in [0.15, 0.2) is 42.5 Å². The maximum Gasteiger partial charge on any atom is 0.265 e. The number of ether oxygens (including phenoxy) is 1. The molecule has 2 aromatic carbocycles. The number of fused-ring (bicyclic) bond motifs is 2. The number of anilines is 2. The lowest BCUT2D eigenvalue weighted by molar-refractivity contribution is -0.121. The monoisotopic (exact) mass is 354 g/mol. The van der Waals surface area contributed by atoms with Crippen LogP contribution in [-0.2, 0) is 16.0 Å². The Labute approximate surface area is 151 Å². The van der Waals surface area contributed by atoms with Gasteiger partial charge in [0.2, 0.25) is 5.91 Å². The fraction of sp³-hybridized carbons (Fsp3) is 0.300. The molecule has 2 amide bonds. The predicted molar refractivity (Wildman–Crippen MR) is 96.0 cm³/mol. The first-order valence-corrected chi connectivity index (χ1v) is 8.74. The van der Waals surface area contributed by atoms with Crippen LogP contribution in [-0.4, -0.2) is 31.5 Å². The van der Waals surface area contributed by atoms with E-state index in [0.717, 1.165) is 24.1 Å². The second-order valence-electron chi connectivity index (χ2n) is 6.47. The van der Waals surface area contributed by atoms with Crippen molar-refractivity contribution in [3.63, 3.8) is 0 Å². The quantitative estimate of drug-likeness (QED) is 0.852. The second kappa shape index (κ2) is 6.78. The molecule has 0 bridgehead atoms. The Morgan fingerprint density at radius 3 is 2.88 bits per heavy atom. The summed E-state index contributed by atoms with van der Waals surface area (Å²) in [6.45, 7) is 0.896. The lowest BCUT2D eigenvalue weighted by Crippen LogP contribution is -2.42. The summed E-state index contributed by atoms with van der Waals surface area (Å²) < 4.78 is 18.9. The highest BCUT2D eigenvalue weighted by atomic mass is 19.1. The summed E-state index contributed by atoms with van der Waals surface area (Å²) in [6.07, 6.45) is 1.78. The van der Waals surface area contributed by atoms with Gasteiger partial charge in [-0.15, -0.1) is 0 Å². The molecule has 26 heavy (non-hydrogen) atoms. The average Bonchev–Trinajstić information content (AvgIpc) is 2.66. The third-order valence-electron chi connectivity index (χ3n) is 4.82. The molecule has 0 aliphatic carbocycles. The Bertz CT molecular complexity index is 868. The van der Waals surface area contributed by atoms with Crippen molar-refractivity contribution in [3.05, 3.63) is 53.8 Å². The number of hydrogen-bond donors (Lipinski definition) is 0. The van der Waals surface area contributed by atoms with Crippen molar-refractivity contribution in [2.75, 3.05) is 29.5 Å². The van der Waals surface area contributed by atoms with E-state index in [0.29, 0.717) is 24.5 Å². The van der Waals surface area contributed by atoms with Gasteiger partial charge in [-0.2, -0.15) is 0 Å². The summed E-state index contributed by atoms with van der Waals surface area (Å²) in [5.74, 6) is 0.152. The number of benzene rings is 2. The van der Waals surface area contributed by atoms with Gasteiger partial charge in [-0.1, -0.05) is 12.1 Å². The number of rotatable bonds is 3. The Hall–Kier alpha value is -2.89. The van der Waals surface area contributed by atoms with Crippen LogP contribution in [0.3, 0.4) is 0 Å². The molecule has 0 radical (unpaired) electrons. The van der Waals surface area contributed by atoms with Crippen LogP contribution < -0.4 is 14.5 Å². The summed E-state index contributed by atoms with van der Waals surface area (Å²) in [7, 11) is 0. The van der Waals surface area contributed by atoms with E-state index in [1.165, 1.54) is 12.1 Å². The minimum absolute atomic E-state index is 0.0168. The Kier molecular flexibility index (Phi) is 4.32. The minimum Gasteiger partial charge on any atom is -0.482 e. The van der Waals surface area contributed by atoms with Gasteiger partial charge in [0.05, 0.1) is 5.69 Å². The van der Waals surface area contributed by atoms with Crippen molar-refractivity contribution < 1.29 is 18.7 Å². The van der Waals surface area contributed by atoms with Crippen LogP contribution in [0.25, 0.3) is 0 Å². The zero-order chi connectivity index (χ0) is 18.1. The molecule has 0 saturated carbocycles. The van der Waals surface area contributed by atoms with Gasteiger partial charge >= 0.3 is 0 Å². The first-order valence-electron chi connectivity index (χ1n) is 8.74. The van der Waals surface area contributed by atoms with Crippen LogP contribution in [0, 0.1) is 5.82 Å². The molecule has 0 N–H and O–H groups in total. The fourth-order valence-electron chi connectivity index (χ4n) is 3.57. The van der Waals surface area contributed by atoms with Gasteiger partial charge in [-0.05, 0) is 48.7 Å². The van der Waals surface area contributed by atoms with Crippen molar-refractivity contribution in [1.29, 1.82) is 0 Å². The lowest BCUT2D eigenvalue weighted by atomic mass is 10.0. The predicted octanol–water partition coefficient (Wildman–Crippen LogP) is 2.92. The highest BCUT2D eigenvalue weighted by molar-refractivity contribution is 6.00. The van der Waals surface area contributed by atoms with Crippen molar-refractivity contribution >= 4 is 23.2 Å². The number of aryl methyl sites for hydroxylation is 1. The van der Waals surface area contributed by atoms with E-state index in [2.05, 4.69) is 0 Å². The first-order chi connectivity index (χ1) is 12.6. The average molecular weight is 354 g/mol. The van der Waals surface area contributed by atoms with Gasteiger partial charge in [0.25, 0.3) is 5.91 Å². The molecule has 6 heteroatoms. The van der Waals surface area contributed by atoms with Gasteiger partial charge < -0.3 is 14.5 Å². The Morgan fingerprint density at radius 2 is 2.00 bits per heavy atom. The molecule has 5 nitrogen and oxygen atoms in total. The normalized spacial score (nSPS) is 16.0. The molecule has 0 aromatic heterocycles. The highest BCUT2D eigenvalue weighted by Crippen LogP contribution is 2.32. The number of halogens is 1. The van der Waals surface area contributed by atoms with Crippen LogP contribution in [0.1, 0.15) is 18.4 Å². The van der Waals surface area contributed by atoms with Gasteiger partial charge in [-0.25, -0.2) is 4.39 Å². The number of nitrogens with zero attached hydrogens (tertiary/aromatic N) is 2. The minimum atomic E-state index is -0.284. The topological polar surface area (TPSA) is 49.9 Å². The van der Waals surface area contributed by atoms with E-state index in [4.69, 9.17) is 4.74 Å². The number of para-hydroxylation sites is 2. The van der Waals surface area contributed by atoms with Gasteiger partial charge in [0, 0.05) is 25.2 Å². The van der Waals surface area contributed by atoms with Gasteiger partial charge in [0.1, 0.15) is 11.6 Å². The summed E-state index contributed by atoms with van der Waals surface area (Å²) in [5.41, 5.74) is 2.33. The molecular weight excluding hydrogens is 335 g/mol. The van der Waals surface area contributed by atoms with Gasteiger partial charge in [-0.3, -0.25) is 9.59 Å². The zero-order valence-corrected chi connectivity index (χ0v) is 14.3. The van der Waals surface area contributed by atoms with Crippen LogP contribution in [0.2, 0.25) is 0 Å². The van der Waals surface area contributed by atoms with Crippen molar-refractivity contribution in [1.82, 2.24) is 0 Å². The first kappa shape index (κ1) is 16.6. The molecular formula is C20H19FN2O3. The van der Waals surface area contributed by atoms with Crippen molar-refractivity contribution in [3.8, 4) is 5.75 Å². The van der Waals surface area contributed by atoms with E-state index >= 15 is 0 Å². The molecule has 4 rings (SSSR count). The number of amides is 2. The molecule has 0 saturated heterocycles. The molecule has 0 atom stereocenters. The Balaban J connectivity index is 1.49. The second-order valence-corrected chi connectivity index (χ2v) is 6.47. The largest absolute Gasteiger partial charge is 0.482 e. The van der Waals surface area contributed by atoms with Crippen molar-refractivity contribution in [2.45, 2.75) is 19.3 Å². The van der Waals surface area contributed by atoms with Crippen LogP contribution in [0.5, 0.6) is 5.75 Å². The standard InChI is InChI=1S/C20H19FN2O3/c21-15-7-8-16-14(12-15)4-3-10-22(16)19(24)9-11-23-17-5-1-2-6-18(17)26-13-20(23)25/h1-2,5-8,12H,3-4,9-11,13H2. The van der Waals surface area contributed by atoms with E-state index in [-0.39, 0.29) is 30.7 Å². The van der Waals surface area contributed by atoms with Crippen LogP contribution >= 0.6 is 0 Å². The smallest absolute Gasteiger partial charge is 0.265 e. The van der Waals surface area contributed by atoms with Crippen molar-refractivity contribution in [2.24, 2.45) is 0 Å². The van der Waals surface area contributed by atoms with E-state index < -0.39 is 0 Å². The van der Waals surface area contributed by atoms with E-state index in [1.54, 1.807) is 15.9 Å². The molecule has 2 aromatic rings. The lowest BCUT2D eigenvalue weighted by Gasteiger charge is -2.32. The third-order valence-corrected chi connectivity index (χ3v) is 4.82. The summed E-state index contributed by atoms with van der Waals surface area (Å²) in [4.78, 5) is 28.3. The molecule has 0 fully saturated rings. The Morgan fingerprint density at radius 1 is 1.15 bits per heavy atom. The maximum atomic E-state index is 13.4. The molecule has 0 unspecified atom stereocenters. The van der Waals surface area contributed by atoms with Gasteiger partial charge in [0.15, 0.2) is 6.61 Å². The maximum absolute atomic E-state index is 13.4. The van der Waals surface area contributed by atoms with E-state index in [9.17, 15) is 14.0 Å². The fourth-order valence-corrected chi connectivity index (χ4v) is 3.57. The van der Waals surface area contributed by atoms with E-state index in [1.807, 2.05) is 24.3 Å². The SMILES string of the molecule is O=C(CCN1C(=O)COc2ccccc21)N1CCCc2cc(F)ccc21. The molecule has 0 spiro atoms. The number of hydrogen-bond acceptors (Lipinski definition) is 3. The number of carbonyl (C=O) groups excluding carboxylic acids is 2. The molecule has 2 heterocycles. The third kappa shape index (κ3) is 3.03. The highest BCUT2D eigenvalue weighted by Gasteiger charge is 2.28. The summed E-state index contributed by atoms with van der Waals surface area (Å²) >= 11 is 0. The summed E-state index contributed by atoms with van der Waals surface area (Å²) in [6, 6.07) is 11.9. The number of carbonyl (C=O) groups is 2. The zero-order valence-electron chi connectivity index (χ0n) is 14.3. The molecule has 2 aliphatic rings. The molecule has 2 aliphatic heterocycles. The summed E-state index contributed by atoms with van der Waals surface area (Å²) in [5, 5.41) is 0.